The van der Waals surface area contributed by atoms with Crippen LogP contribution >= 0.6 is 24.0 Å². The molecule has 1 aliphatic carbocycles. The maximum atomic E-state index is 5.40. The van der Waals surface area contributed by atoms with Crippen molar-refractivity contribution in [1.82, 2.24) is 20.4 Å². The molecule has 0 atom stereocenters. The smallest absolute Gasteiger partial charge is 0.191 e. The number of aromatic nitrogens is 2. The number of aliphatic imine (C=N–C) groups is 1. The molecule has 0 bridgehead atoms. The Morgan fingerprint density at radius 3 is 2.73 bits per heavy atom. The van der Waals surface area contributed by atoms with Crippen LogP contribution in [0.3, 0.4) is 0 Å². The van der Waals surface area contributed by atoms with Crippen molar-refractivity contribution >= 4 is 29.9 Å². The van der Waals surface area contributed by atoms with Crippen molar-refractivity contribution in [2.45, 2.75) is 58.5 Å². The van der Waals surface area contributed by atoms with Gasteiger partial charge in [0.05, 0.1) is 18.5 Å². The third-order valence-corrected chi connectivity index (χ3v) is 4.99. The normalized spacial score (nSPS) is 15.1. The van der Waals surface area contributed by atoms with E-state index in [4.69, 9.17) is 9.41 Å². The molecule has 2 heterocycles. The highest BCUT2D eigenvalue weighted by Gasteiger charge is 2.16. The number of rotatable bonds is 6. The van der Waals surface area contributed by atoms with Crippen molar-refractivity contribution in [1.29, 1.82) is 0 Å². The third kappa shape index (κ3) is 5.49. The molecule has 26 heavy (non-hydrogen) atoms. The van der Waals surface area contributed by atoms with Gasteiger partial charge >= 0.3 is 0 Å². The van der Waals surface area contributed by atoms with Crippen molar-refractivity contribution < 1.29 is 4.42 Å². The summed E-state index contributed by atoms with van der Waals surface area (Å²) >= 11 is 0. The van der Waals surface area contributed by atoms with Crippen LogP contribution in [-0.4, -0.2) is 28.3 Å². The molecule has 0 aromatic carbocycles. The largest absolute Gasteiger partial charge is 0.469 e. The van der Waals surface area contributed by atoms with Gasteiger partial charge in [-0.2, -0.15) is 5.10 Å². The van der Waals surface area contributed by atoms with Gasteiger partial charge in [-0.3, -0.25) is 4.68 Å². The minimum atomic E-state index is 0. The summed E-state index contributed by atoms with van der Waals surface area (Å²) < 4.78 is 7.33. The fourth-order valence-corrected chi connectivity index (χ4v) is 3.38. The summed E-state index contributed by atoms with van der Waals surface area (Å²) in [7, 11) is 1.98. The number of halogens is 1. The predicted octanol–water partition coefficient (Wildman–Crippen LogP) is 3.47. The number of aryl methyl sites for hydroxylation is 2. The Balaban J connectivity index is 0.00000243. The molecule has 3 rings (SSSR count). The summed E-state index contributed by atoms with van der Waals surface area (Å²) in [6.45, 7) is 5.59. The van der Waals surface area contributed by atoms with Crippen molar-refractivity contribution in [3.63, 3.8) is 0 Å². The molecule has 1 saturated carbocycles. The molecule has 6 nitrogen and oxygen atoms in total. The molecule has 7 heteroatoms. The highest BCUT2D eigenvalue weighted by atomic mass is 127. The van der Waals surface area contributed by atoms with Gasteiger partial charge in [0.25, 0.3) is 0 Å². The van der Waals surface area contributed by atoms with Gasteiger partial charge in [0.1, 0.15) is 5.76 Å². The maximum Gasteiger partial charge on any atom is 0.191 e. The van der Waals surface area contributed by atoms with Gasteiger partial charge < -0.3 is 15.1 Å². The lowest BCUT2D eigenvalue weighted by molar-refractivity contribution is 0.506. The Morgan fingerprint density at radius 1 is 1.35 bits per heavy atom. The Labute approximate surface area is 172 Å². The zero-order valence-corrected chi connectivity index (χ0v) is 18.2. The molecule has 2 aromatic rings. The summed E-state index contributed by atoms with van der Waals surface area (Å²) in [6.07, 6.45) is 7.63. The minimum absolute atomic E-state index is 0. The molecule has 2 N–H and O–H groups in total. The Bertz CT molecular complexity index is 702. The third-order valence-electron chi connectivity index (χ3n) is 4.99. The average molecular weight is 471 g/mol. The van der Waals surface area contributed by atoms with Crippen molar-refractivity contribution in [3.8, 4) is 0 Å². The lowest BCUT2D eigenvalue weighted by atomic mass is 10.2. The Hall–Kier alpha value is -1.51. The molecule has 144 valence electrons. The number of guanidine groups is 1. The summed E-state index contributed by atoms with van der Waals surface area (Å²) in [6, 6.07) is 4.46. The van der Waals surface area contributed by atoms with E-state index < -0.39 is 0 Å². The monoisotopic (exact) mass is 471 g/mol. The van der Waals surface area contributed by atoms with Crippen LogP contribution in [0, 0.1) is 13.8 Å². The Kier molecular flexibility index (Phi) is 7.99. The second kappa shape index (κ2) is 9.99. The van der Waals surface area contributed by atoms with Gasteiger partial charge in [-0.1, -0.05) is 12.8 Å². The first-order valence-electron chi connectivity index (χ1n) is 9.20. The molecule has 0 spiro atoms. The number of nitrogens with zero attached hydrogens (tertiary/aromatic N) is 3. The highest BCUT2D eigenvalue weighted by Crippen LogP contribution is 2.18. The average Bonchev–Trinajstić information content (AvgIpc) is 3.31. The van der Waals surface area contributed by atoms with Gasteiger partial charge in [-0.15, -0.1) is 24.0 Å². The molecule has 1 fully saturated rings. The first kappa shape index (κ1) is 20.8. The molecular weight excluding hydrogens is 441 g/mol. The second-order valence-corrected chi connectivity index (χ2v) is 6.82. The van der Waals surface area contributed by atoms with Gasteiger partial charge in [0.2, 0.25) is 0 Å². The summed E-state index contributed by atoms with van der Waals surface area (Å²) in [4.78, 5) is 4.82. The molecule has 0 saturated heterocycles. The number of hydrogen-bond acceptors (Lipinski definition) is 3. The summed E-state index contributed by atoms with van der Waals surface area (Å²) in [5.41, 5.74) is 3.44. The van der Waals surface area contributed by atoms with E-state index in [2.05, 4.69) is 22.7 Å². The first-order chi connectivity index (χ1) is 12.1. The van der Waals surface area contributed by atoms with Gasteiger partial charge in [0, 0.05) is 37.3 Å². The lowest BCUT2D eigenvalue weighted by Gasteiger charge is -2.17. The summed E-state index contributed by atoms with van der Waals surface area (Å²) in [5.74, 6) is 1.88. The van der Waals surface area contributed by atoms with Crippen LogP contribution in [-0.2, 0) is 20.0 Å². The van der Waals surface area contributed by atoms with Gasteiger partial charge in [-0.25, -0.2) is 4.99 Å². The zero-order valence-electron chi connectivity index (χ0n) is 15.9. The Morgan fingerprint density at radius 2 is 2.12 bits per heavy atom. The molecule has 0 amide bonds. The van der Waals surface area contributed by atoms with Crippen molar-refractivity contribution in [2.24, 2.45) is 12.0 Å². The summed E-state index contributed by atoms with van der Waals surface area (Å²) in [5, 5.41) is 11.5. The molecule has 0 unspecified atom stereocenters. The molecular formula is C19H30IN5O. The maximum absolute atomic E-state index is 5.40. The van der Waals surface area contributed by atoms with Crippen LogP contribution in [0.1, 0.15) is 48.4 Å². The fraction of sp³-hybridized carbons (Fsp3) is 0.579. The van der Waals surface area contributed by atoms with E-state index in [0.29, 0.717) is 12.6 Å². The molecule has 2 aromatic heterocycles. The second-order valence-electron chi connectivity index (χ2n) is 6.82. The van der Waals surface area contributed by atoms with Crippen LogP contribution < -0.4 is 10.6 Å². The van der Waals surface area contributed by atoms with Gasteiger partial charge in [-0.05, 0) is 38.8 Å². The van der Waals surface area contributed by atoms with E-state index in [0.717, 1.165) is 30.4 Å². The lowest BCUT2D eigenvalue weighted by Crippen LogP contribution is -2.43. The van der Waals surface area contributed by atoms with E-state index in [1.165, 1.54) is 36.9 Å². The standard InChI is InChI=1S/C19H29N5O.HI/c1-14-18(15(2)24(3)23-14)13-21-19(22-16-7-4-5-8-16)20-11-10-17-9-6-12-25-17;/h6,9,12,16H,4-5,7-8,10-11,13H2,1-3H3,(H2,20,21,22);1H. The quantitative estimate of drug-likeness (QED) is 0.385. The van der Waals surface area contributed by atoms with Crippen LogP contribution in [0.25, 0.3) is 0 Å². The minimum Gasteiger partial charge on any atom is -0.469 e. The predicted molar refractivity (Wildman–Crippen MR) is 115 cm³/mol. The number of hydrogen-bond donors (Lipinski definition) is 2. The topological polar surface area (TPSA) is 67.4 Å². The van der Waals surface area contributed by atoms with Crippen molar-refractivity contribution in [3.05, 3.63) is 41.1 Å². The van der Waals surface area contributed by atoms with Gasteiger partial charge in [0.15, 0.2) is 5.96 Å². The number of nitrogens with one attached hydrogen (secondary N) is 2. The first-order valence-corrected chi connectivity index (χ1v) is 9.20. The fourth-order valence-electron chi connectivity index (χ4n) is 3.38. The zero-order chi connectivity index (χ0) is 17.6. The molecule has 0 radical (unpaired) electrons. The number of furan rings is 1. The van der Waals surface area contributed by atoms with E-state index >= 15 is 0 Å². The molecule has 1 aliphatic rings. The van der Waals surface area contributed by atoms with Crippen molar-refractivity contribution in [2.75, 3.05) is 6.54 Å². The highest BCUT2D eigenvalue weighted by molar-refractivity contribution is 14.0. The SMILES string of the molecule is Cc1nn(C)c(C)c1CN=C(NCCc1ccco1)NC1CCCC1.I. The van der Waals surface area contributed by atoms with Crippen LogP contribution in [0.2, 0.25) is 0 Å². The van der Waals surface area contributed by atoms with E-state index in [1.807, 2.05) is 30.8 Å². The van der Waals surface area contributed by atoms with E-state index in [1.54, 1.807) is 6.26 Å². The molecule has 0 aliphatic heterocycles. The van der Waals surface area contributed by atoms with E-state index in [9.17, 15) is 0 Å². The van der Waals surface area contributed by atoms with Crippen LogP contribution in [0.4, 0.5) is 0 Å². The van der Waals surface area contributed by atoms with Crippen LogP contribution in [0.15, 0.2) is 27.8 Å². The van der Waals surface area contributed by atoms with Crippen LogP contribution in [0.5, 0.6) is 0 Å². The van der Waals surface area contributed by atoms with E-state index in [-0.39, 0.29) is 24.0 Å².